The topological polar surface area (TPSA) is 181 Å². The molecule has 1 aromatic rings. The van der Waals surface area contributed by atoms with Gasteiger partial charge in [-0.1, -0.05) is 77.3 Å². The molecule has 0 saturated heterocycles. The number of hydrogen-bond donors (Lipinski definition) is 5. The maximum atomic E-state index is 12.2. The zero-order valence-corrected chi connectivity index (χ0v) is 26.5. The van der Waals surface area contributed by atoms with Crippen molar-refractivity contribution in [1.29, 1.82) is 0 Å². The fraction of sp³-hybridized carbons (Fsp3) is 0.700. The van der Waals surface area contributed by atoms with Crippen molar-refractivity contribution in [3.05, 3.63) is 29.8 Å². The van der Waals surface area contributed by atoms with Crippen molar-refractivity contribution in [2.75, 3.05) is 26.4 Å². The van der Waals surface area contributed by atoms with E-state index >= 15 is 0 Å². The Morgan fingerprint density at radius 2 is 1.53 bits per heavy atom. The first-order valence-corrected chi connectivity index (χ1v) is 16.9. The van der Waals surface area contributed by atoms with Gasteiger partial charge in [0.25, 0.3) is 0 Å². The van der Waals surface area contributed by atoms with E-state index in [1.165, 1.54) is 44.9 Å². The molecule has 1 aromatic carbocycles. The van der Waals surface area contributed by atoms with Crippen LogP contribution < -0.4 is 15.4 Å². The molecule has 13 heteroatoms. The van der Waals surface area contributed by atoms with Gasteiger partial charge in [-0.3, -0.25) is 18.6 Å². The fourth-order valence-electron chi connectivity index (χ4n) is 4.08. The summed E-state index contributed by atoms with van der Waals surface area (Å²) < 4.78 is 27.3. The molecule has 0 aromatic heterocycles. The van der Waals surface area contributed by atoms with E-state index in [0.717, 1.165) is 24.2 Å². The number of carboxylic acid groups (broad SMARTS) is 1. The van der Waals surface area contributed by atoms with E-state index in [1.54, 1.807) is 6.92 Å². The maximum absolute atomic E-state index is 12.2. The first-order valence-electron chi connectivity index (χ1n) is 15.4. The van der Waals surface area contributed by atoms with Gasteiger partial charge in [-0.05, 0) is 37.0 Å². The molecule has 246 valence electrons. The van der Waals surface area contributed by atoms with Crippen molar-refractivity contribution >= 4 is 25.6 Å². The number of carboxylic acids is 1. The Kier molecular flexibility index (Phi) is 20.6. The highest BCUT2D eigenvalue weighted by atomic mass is 31.2. The number of carbonyl (C=O) groups excluding carboxylic acids is 2. The average Bonchev–Trinajstić information content (AvgIpc) is 2.97. The number of benzene rings is 1. The second kappa shape index (κ2) is 23.0. The highest BCUT2D eigenvalue weighted by Gasteiger charge is 2.28. The van der Waals surface area contributed by atoms with Crippen molar-refractivity contribution in [3.63, 3.8) is 0 Å². The molecule has 0 aliphatic carbocycles. The molecule has 0 aliphatic rings. The molecule has 0 saturated carbocycles. The number of rotatable bonds is 26. The Morgan fingerprint density at radius 3 is 2.19 bits per heavy atom. The van der Waals surface area contributed by atoms with Crippen LogP contribution in [0.5, 0.6) is 5.75 Å². The maximum Gasteiger partial charge on any atom is 0.472 e. The summed E-state index contributed by atoms with van der Waals surface area (Å²) in [6.45, 7) is 2.93. The Balaban J connectivity index is 2.26. The lowest BCUT2D eigenvalue weighted by Crippen LogP contribution is -2.43. The third-order valence-corrected chi connectivity index (χ3v) is 7.49. The zero-order valence-electron chi connectivity index (χ0n) is 25.6. The Morgan fingerprint density at radius 1 is 0.884 bits per heavy atom. The lowest BCUT2D eigenvalue weighted by atomic mass is 10.1. The molecule has 12 nitrogen and oxygen atoms in total. The molecular weight excluding hydrogens is 579 g/mol. The van der Waals surface area contributed by atoms with Crippen molar-refractivity contribution in [2.24, 2.45) is 0 Å². The molecule has 0 spiro atoms. The number of amides is 2. The van der Waals surface area contributed by atoms with E-state index < -0.39 is 45.1 Å². The van der Waals surface area contributed by atoms with Gasteiger partial charge in [-0.15, -0.1) is 0 Å². The molecule has 0 fully saturated rings. The number of aryl methyl sites for hydroxylation is 1. The minimum atomic E-state index is -4.72. The summed E-state index contributed by atoms with van der Waals surface area (Å²) in [4.78, 5) is 44.9. The number of phosphoric ester groups is 1. The summed E-state index contributed by atoms with van der Waals surface area (Å²) in [5.41, 5.74) is 0.938. The Hall–Kier alpha value is -2.50. The van der Waals surface area contributed by atoms with Crippen LogP contribution in [0.15, 0.2) is 24.3 Å². The number of aliphatic carboxylic acids is 1. The van der Waals surface area contributed by atoms with Gasteiger partial charge in [0.05, 0.1) is 25.9 Å². The van der Waals surface area contributed by atoms with Crippen LogP contribution in [-0.2, 0) is 34.4 Å². The quantitative estimate of drug-likeness (QED) is 0.0722. The van der Waals surface area contributed by atoms with Gasteiger partial charge in [-0.25, -0.2) is 9.36 Å². The Labute approximate surface area is 255 Å². The van der Waals surface area contributed by atoms with E-state index in [2.05, 4.69) is 22.1 Å². The summed E-state index contributed by atoms with van der Waals surface area (Å²) in [6, 6.07) is 6.05. The summed E-state index contributed by atoms with van der Waals surface area (Å²) >= 11 is 0. The SMILES string of the molecule is CCCCCCCCCCCOc1cccc(CCC(=O)NC[C@@H](O)COP(=O)(O)OC[C@H](NC(=O)CCC)C(=O)O)c1. The van der Waals surface area contributed by atoms with Gasteiger partial charge in [0.1, 0.15) is 5.75 Å². The first-order chi connectivity index (χ1) is 20.6. The number of ether oxygens (including phenoxy) is 1. The van der Waals surface area contributed by atoms with Gasteiger partial charge < -0.3 is 30.5 Å². The average molecular weight is 631 g/mol. The second-order valence-corrected chi connectivity index (χ2v) is 12.0. The van der Waals surface area contributed by atoms with Crippen LogP contribution in [0.1, 0.15) is 96.5 Å². The molecule has 1 unspecified atom stereocenters. The second-order valence-electron chi connectivity index (χ2n) is 10.6. The number of carbonyl (C=O) groups is 3. The Bertz CT molecular complexity index is 993. The number of nitrogens with one attached hydrogen (secondary N) is 2. The van der Waals surface area contributed by atoms with Crippen molar-refractivity contribution in [3.8, 4) is 5.75 Å². The normalized spacial score (nSPS) is 14.0. The van der Waals surface area contributed by atoms with Crippen LogP contribution in [0.3, 0.4) is 0 Å². The highest BCUT2D eigenvalue weighted by molar-refractivity contribution is 7.47. The van der Waals surface area contributed by atoms with Crippen molar-refractivity contribution in [1.82, 2.24) is 10.6 Å². The van der Waals surface area contributed by atoms with E-state index in [4.69, 9.17) is 14.4 Å². The number of phosphoric acid groups is 1. The van der Waals surface area contributed by atoms with Crippen LogP contribution in [0.2, 0.25) is 0 Å². The molecule has 1 rings (SSSR count). The first kappa shape index (κ1) is 38.5. The lowest BCUT2D eigenvalue weighted by molar-refractivity contribution is -0.142. The minimum Gasteiger partial charge on any atom is -0.494 e. The molecule has 0 bridgehead atoms. The van der Waals surface area contributed by atoms with Gasteiger partial charge in [0, 0.05) is 19.4 Å². The zero-order chi connectivity index (χ0) is 31.9. The predicted molar refractivity (Wildman–Crippen MR) is 163 cm³/mol. The van der Waals surface area contributed by atoms with Crippen LogP contribution in [-0.4, -0.2) is 71.4 Å². The van der Waals surface area contributed by atoms with E-state index in [0.29, 0.717) is 19.4 Å². The van der Waals surface area contributed by atoms with E-state index in [1.807, 2.05) is 24.3 Å². The van der Waals surface area contributed by atoms with Gasteiger partial charge in [-0.2, -0.15) is 0 Å². The smallest absolute Gasteiger partial charge is 0.472 e. The lowest BCUT2D eigenvalue weighted by Gasteiger charge is -2.18. The summed E-state index contributed by atoms with van der Waals surface area (Å²) in [6.07, 6.45) is 11.1. The van der Waals surface area contributed by atoms with Crippen molar-refractivity contribution in [2.45, 2.75) is 109 Å². The largest absolute Gasteiger partial charge is 0.494 e. The van der Waals surface area contributed by atoms with Gasteiger partial charge in [0.2, 0.25) is 11.8 Å². The number of aliphatic hydroxyl groups excluding tert-OH is 1. The van der Waals surface area contributed by atoms with Crippen LogP contribution in [0.25, 0.3) is 0 Å². The third-order valence-electron chi connectivity index (χ3n) is 6.54. The van der Waals surface area contributed by atoms with E-state index in [9.17, 15) is 28.9 Å². The van der Waals surface area contributed by atoms with Crippen LogP contribution in [0.4, 0.5) is 0 Å². The number of aliphatic hydroxyl groups is 1. The van der Waals surface area contributed by atoms with Gasteiger partial charge in [0.15, 0.2) is 6.04 Å². The standard InChI is InChI=1S/C30H51N2O10P/c1-3-5-6-7-8-9-10-11-12-19-40-26-16-13-15-24(20-26)17-18-28(34)31-21-25(33)22-41-43(38,39)42-23-27(30(36)37)32-29(35)14-4-2/h13,15-16,20,25,27,33H,3-12,14,17-19,21-23H2,1-2H3,(H,31,34)(H,32,35)(H,36,37)(H,38,39)/t25-,27+/m1/s1. The van der Waals surface area contributed by atoms with Gasteiger partial charge >= 0.3 is 13.8 Å². The highest BCUT2D eigenvalue weighted by Crippen LogP contribution is 2.43. The molecule has 3 atom stereocenters. The number of hydrogen-bond acceptors (Lipinski definition) is 8. The molecule has 5 N–H and O–H groups in total. The minimum absolute atomic E-state index is 0.0925. The predicted octanol–water partition coefficient (Wildman–Crippen LogP) is 4.51. The fourth-order valence-corrected chi connectivity index (χ4v) is 4.86. The monoisotopic (exact) mass is 630 g/mol. The molecular formula is C30H51N2O10P. The summed E-state index contributed by atoms with van der Waals surface area (Å²) in [5, 5.41) is 23.9. The molecule has 0 radical (unpaired) electrons. The molecule has 0 heterocycles. The van der Waals surface area contributed by atoms with Crippen LogP contribution >= 0.6 is 7.82 Å². The van der Waals surface area contributed by atoms with E-state index in [-0.39, 0.29) is 25.3 Å². The van der Waals surface area contributed by atoms with Crippen molar-refractivity contribution < 1.29 is 47.8 Å². The summed E-state index contributed by atoms with van der Waals surface area (Å²) in [7, 11) is -4.72. The molecule has 43 heavy (non-hydrogen) atoms. The third kappa shape index (κ3) is 20.2. The number of unbranched alkanes of at least 4 members (excludes halogenated alkanes) is 8. The molecule has 2 amide bonds. The molecule has 0 aliphatic heterocycles. The summed E-state index contributed by atoms with van der Waals surface area (Å²) in [5.74, 6) is -1.54. The van der Waals surface area contributed by atoms with Crippen LogP contribution in [0, 0.1) is 0 Å².